The normalized spacial score (nSPS) is 12.4. The number of nitrogen functional groups attached to an aromatic ring is 1. The second kappa shape index (κ2) is 5.62. The van der Waals surface area contributed by atoms with E-state index in [0.29, 0.717) is 12.2 Å². The van der Waals surface area contributed by atoms with Crippen molar-refractivity contribution in [2.75, 3.05) is 12.8 Å². The van der Waals surface area contributed by atoms with Crippen LogP contribution >= 0.6 is 11.3 Å². The van der Waals surface area contributed by atoms with Gasteiger partial charge in [0.2, 0.25) is 0 Å². The summed E-state index contributed by atoms with van der Waals surface area (Å²) in [6.45, 7) is 5.92. The van der Waals surface area contributed by atoms with Gasteiger partial charge in [0, 0.05) is 17.5 Å². The van der Waals surface area contributed by atoms with E-state index in [4.69, 9.17) is 10.5 Å². The first-order chi connectivity index (χ1) is 9.49. The summed E-state index contributed by atoms with van der Waals surface area (Å²) in [5.41, 5.74) is 7.22. The highest BCUT2D eigenvalue weighted by molar-refractivity contribution is 7.09. The summed E-state index contributed by atoms with van der Waals surface area (Å²) in [6, 6.07) is -0.0606. The number of hydrogen-bond acceptors (Lipinski definition) is 6. The molecule has 0 aliphatic carbocycles. The molecule has 2 N–H and O–H groups in total. The van der Waals surface area contributed by atoms with E-state index in [9.17, 15) is 4.79 Å². The van der Waals surface area contributed by atoms with E-state index < -0.39 is 5.97 Å². The van der Waals surface area contributed by atoms with Gasteiger partial charge in [0.1, 0.15) is 16.6 Å². The third kappa shape index (κ3) is 2.40. The number of methoxy groups -OCH3 is 1. The van der Waals surface area contributed by atoms with Gasteiger partial charge in [-0.25, -0.2) is 14.8 Å². The molecule has 2 aromatic heterocycles. The zero-order valence-corrected chi connectivity index (χ0v) is 12.8. The number of rotatable bonds is 4. The van der Waals surface area contributed by atoms with Gasteiger partial charge in [0.15, 0.2) is 5.69 Å². The number of thiazole rings is 1. The lowest BCUT2D eigenvalue weighted by atomic mass is 10.3. The maximum absolute atomic E-state index is 11.7. The highest BCUT2D eigenvalue weighted by atomic mass is 32.1. The van der Waals surface area contributed by atoms with E-state index in [1.807, 2.05) is 30.7 Å². The van der Waals surface area contributed by atoms with Crippen molar-refractivity contribution in [2.24, 2.45) is 0 Å². The molecule has 0 saturated heterocycles. The Hall–Kier alpha value is -1.89. The fraction of sp³-hybridized carbons (Fsp3) is 0.462. The monoisotopic (exact) mass is 294 g/mol. The number of nitrogens with two attached hydrogens (primary N) is 1. The van der Waals surface area contributed by atoms with Crippen molar-refractivity contribution >= 4 is 23.1 Å². The maximum Gasteiger partial charge on any atom is 0.360 e. The van der Waals surface area contributed by atoms with E-state index >= 15 is 0 Å². The Labute approximate surface area is 121 Å². The van der Waals surface area contributed by atoms with Crippen molar-refractivity contribution in [2.45, 2.75) is 33.2 Å². The summed E-state index contributed by atoms with van der Waals surface area (Å²) in [5.74, 6) is 0.566. The molecule has 0 aromatic carbocycles. The molecule has 0 aliphatic rings. The van der Waals surface area contributed by atoms with E-state index in [2.05, 4.69) is 9.97 Å². The summed E-state index contributed by atoms with van der Waals surface area (Å²) in [4.78, 5) is 20.5. The van der Waals surface area contributed by atoms with Gasteiger partial charge in [-0.05, 0) is 13.8 Å². The van der Waals surface area contributed by atoms with Crippen LogP contribution in [0.5, 0.6) is 0 Å². The second-order valence-corrected chi connectivity index (χ2v) is 5.37. The number of carbonyl (C=O) groups is 1. The maximum atomic E-state index is 11.7. The zero-order valence-electron chi connectivity index (χ0n) is 12.0. The average molecular weight is 294 g/mol. The Morgan fingerprint density at radius 2 is 2.25 bits per heavy atom. The SMILES string of the molecule is CCc1nc(C(=O)OC)c(N)n1C(C)c1nc(C)cs1. The predicted octanol–water partition coefficient (Wildman–Crippen LogP) is 2.19. The van der Waals surface area contributed by atoms with E-state index in [-0.39, 0.29) is 11.7 Å². The molecule has 2 heterocycles. The van der Waals surface area contributed by atoms with Gasteiger partial charge in [0.25, 0.3) is 0 Å². The van der Waals surface area contributed by atoms with Gasteiger partial charge < -0.3 is 15.0 Å². The Kier molecular flexibility index (Phi) is 4.08. The molecule has 0 spiro atoms. The highest BCUT2D eigenvalue weighted by Crippen LogP contribution is 2.28. The molecule has 1 atom stereocenters. The first-order valence-electron chi connectivity index (χ1n) is 6.36. The van der Waals surface area contributed by atoms with Crippen LogP contribution in [0.4, 0.5) is 5.82 Å². The van der Waals surface area contributed by atoms with Crippen LogP contribution in [0.25, 0.3) is 0 Å². The number of hydrogen-bond donors (Lipinski definition) is 1. The molecular formula is C13H18N4O2S. The van der Waals surface area contributed by atoms with Crippen molar-refractivity contribution < 1.29 is 9.53 Å². The lowest BCUT2D eigenvalue weighted by Gasteiger charge is -2.15. The van der Waals surface area contributed by atoms with Gasteiger partial charge in [-0.3, -0.25) is 0 Å². The number of carbonyl (C=O) groups excluding carboxylic acids is 1. The molecular weight excluding hydrogens is 276 g/mol. The molecule has 0 amide bonds. The number of ether oxygens (including phenoxy) is 1. The van der Waals surface area contributed by atoms with Crippen LogP contribution in [0, 0.1) is 6.92 Å². The number of esters is 1. The van der Waals surface area contributed by atoms with E-state index in [1.54, 1.807) is 11.3 Å². The van der Waals surface area contributed by atoms with Crippen molar-refractivity contribution in [3.63, 3.8) is 0 Å². The van der Waals surface area contributed by atoms with Gasteiger partial charge >= 0.3 is 5.97 Å². The summed E-state index contributed by atoms with van der Waals surface area (Å²) in [5, 5.41) is 2.93. The topological polar surface area (TPSA) is 83.0 Å². The minimum absolute atomic E-state index is 0.0606. The largest absolute Gasteiger partial charge is 0.464 e. The lowest BCUT2D eigenvalue weighted by molar-refractivity contribution is 0.0595. The third-order valence-corrected chi connectivity index (χ3v) is 4.23. The molecule has 0 bridgehead atoms. The van der Waals surface area contributed by atoms with Crippen molar-refractivity contribution in [3.8, 4) is 0 Å². The van der Waals surface area contributed by atoms with Crippen LogP contribution in [0.1, 0.15) is 46.9 Å². The van der Waals surface area contributed by atoms with Crippen molar-refractivity contribution in [3.05, 3.63) is 27.6 Å². The van der Waals surface area contributed by atoms with Crippen LogP contribution in [0.2, 0.25) is 0 Å². The molecule has 0 aliphatic heterocycles. The molecule has 20 heavy (non-hydrogen) atoms. The number of nitrogens with zero attached hydrogens (tertiary/aromatic N) is 3. The molecule has 1 unspecified atom stereocenters. The fourth-order valence-corrected chi connectivity index (χ4v) is 2.94. The standard InChI is InChI=1S/C13H18N4O2S/c1-5-9-16-10(13(18)19-4)11(14)17(9)8(3)12-15-7(2)6-20-12/h6,8H,5,14H2,1-4H3. The summed E-state index contributed by atoms with van der Waals surface area (Å²) in [6.07, 6.45) is 0.676. The van der Waals surface area contributed by atoms with E-state index in [0.717, 1.165) is 16.5 Å². The Balaban J connectivity index is 2.50. The minimum Gasteiger partial charge on any atom is -0.464 e. The number of aromatic nitrogens is 3. The minimum atomic E-state index is -0.515. The molecule has 6 nitrogen and oxygen atoms in total. The zero-order chi connectivity index (χ0) is 14.9. The smallest absolute Gasteiger partial charge is 0.360 e. The van der Waals surface area contributed by atoms with Crippen LogP contribution in [-0.2, 0) is 11.2 Å². The fourth-order valence-electron chi connectivity index (χ4n) is 2.10. The van der Waals surface area contributed by atoms with Crippen LogP contribution < -0.4 is 5.73 Å². The van der Waals surface area contributed by atoms with Gasteiger partial charge in [-0.2, -0.15) is 0 Å². The lowest BCUT2D eigenvalue weighted by Crippen LogP contribution is -2.14. The first-order valence-corrected chi connectivity index (χ1v) is 7.24. The molecule has 2 rings (SSSR count). The van der Waals surface area contributed by atoms with Crippen LogP contribution in [-0.4, -0.2) is 27.6 Å². The molecule has 108 valence electrons. The average Bonchev–Trinajstić information content (AvgIpc) is 3.01. The molecule has 0 fully saturated rings. The Morgan fingerprint density at radius 3 is 2.75 bits per heavy atom. The Morgan fingerprint density at radius 1 is 1.55 bits per heavy atom. The summed E-state index contributed by atoms with van der Waals surface area (Å²) in [7, 11) is 1.32. The molecule has 0 radical (unpaired) electrons. The quantitative estimate of drug-likeness (QED) is 0.874. The number of anilines is 1. The van der Waals surface area contributed by atoms with Crippen LogP contribution in [0.15, 0.2) is 5.38 Å². The summed E-state index contributed by atoms with van der Waals surface area (Å²) >= 11 is 1.57. The van der Waals surface area contributed by atoms with Crippen molar-refractivity contribution in [1.82, 2.24) is 14.5 Å². The number of aryl methyl sites for hydroxylation is 2. The second-order valence-electron chi connectivity index (χ2n) is 4.48. The van der Waals surface area contributed by atoms with Gasteiger partial charge in [-0.15, -0.1) is 11.3 Å². The van der Waals surface area contributed by atoms with Crippen molar-refractivity contribution in [1.29, 1.82) is 0 Å². The van der Waals surface area contributed by atoms with Crippen LogP contribution in [0.3, 0.4) is 0 Å². The Bertz CT molecular complexity index is 632. The highest BCUT2D eigenvalue weighted by Gasteiger charge is 2.24. The third-order valence-electron chi connectivity index (χ3n) is 3.10. The van der Waals surface area contributed by atoms with E-state index in [1.165, 1.54) is 7.11 Å². The predicted molar refractivity (Wildman–Crippen MR) is 78.0 cm³/mol. The first kappa shape index (κ1) is 14.5. The molecule has 7 heteroatoms. The van der Waals surface area contributed by atoms with Gasteiger partial charge in [-0.1, -0.05) is 6.92 Å². The molecule has 2 aromatic rings. The molecule has 0 saturated carbocycles. The number of imidazole rings is 1. The van der Waals surface area contributed by atoms with Gasteiger partial charge in [0.05, 0.1) is 13.2 Å². The summed E-state index contributed by atoms with van der Waals surface area (Å²) < 4.78 is 6.56.